The maximum absolute atomic E-state index is 11.7. The summed E-state index contributed by atoms with van der Waals surface area (Å²) in [4.78, 5) is 43.0. The van der Waals surface area contributed by atoms with Gasteiger partial charge in [0.2, 0.25) is 5.88 Å². The fourth-order valence-corrected chi connectivity index (χ4v) is 4.30. The summed E-state index contributed by atoms with van der Waals surface area (Å²) in [6.07, 6.45) is 4.25. The van der Waals surface area contributed by atoms with Crippen LogP contribution in [0.5, 0.6) is 5.88 Å². The number of hydroxylamine groups is 1. The number of methoxy groups -OCH3 is 1. The number of aliphatic imine (C=N–C) groups is 2. The van der Waals surface area contributed by atoms with Crippen LogP contribution in [0.4, 0.5) is 5.82 Å². The van der Waals surface area contributed by atoms with Crippen molar-refractivity contribution in [2.24, 2.45) is 9.98 Å². The smallest absolute Gasteiger partial charge is 0.277 e. The van der Waals surface area contributed by atoms with Crippen LogP contribution in [-0.2, 0) is 16.1 Å². The van der Waals surface area contributed by atoms with Gasteiger partial charge in [0.15, 0.2) is 22.8 Å². The van der Waals surface area contributed by atoms with Gasteiger partial charge in [-0.1, -0.05) is 0 Å². The highest BCUT2D eigenvalue weighted by molar-refractivity contribution is 6.11. The molecule has 212 valence electrons. The molecule has 4 rings (SSSR count). The minimum absolute atomic E-state index is 0.0626. The zero-order valence-electron chi connectivity index (χ0n) is 23.1. The van der Waals surface area contributed by atoms with E-state index in [2.05, 4.69) is 45.0 Å². The Hall–Kier alpha value is -4.27. The zero-order chi connectivity index (χ0) is 28.6. The van der Waals surface area contributed by atoms with Gasteiger partial charge in [-0.3, -0.25) is 24.9 Å². The highest BCUT2D eigenvalue weighted by Gasteiger charge is 2.25. The van der Waals surface area contributed by atoms with Crippen LogP contribution in [0.25, 0.3) is 22.6 Å². The van der Waals surface area contributed by atoms with Gasteiger partial charge in [0.1, 0.15) is 5.82 Å². The maximum atomic E-state index is 11.7. The Balaban J connectivity index is 1.71. The number of hydrogen-bond acceptors (Lipinski definition) is 12. The molecule has 1 aliphatic rings. The molecule has 14 heteroatoms. The molecular formula is C26H34N10O4. The van der Waals surface area contributed by atoms with Crippen molar-refractivity contribution in [2.45, 2.75) is 26.4 Å². The second-order valence-electron chi connectivity index (χ2n) is 9.40. The number of aromatic nitrogens is 5. The van der Waals surface area contributed by atoms with Crippen LogP contribution >= 0.6 is 0 Å². The second-order valence-corrected chi connectivity index (χ2v) is 9.40. The quantitative estimate of drug-likeness (QED) is 0.156. The van der Waals surface area contributed by atoms with Crippen LogP contribution in [0, 0.1) is 0 Å². The van der Waals surface area contributed by atoms with E-state index in [1.165, 1.54) is 12.4 Å². The molecule has 0 aliphatic carbocycles. The second kappa shape index (κ2) is 13.2. The highest BCUT2D eigenvalue weighted by Crippen LogP contribution is 2.31. The van der Waals surface area contributed by atoms with Crippen LogP contribution < -0.4 is 15.1 Å². The average Bonchev–Trinajstić information content (AvgIpc) is 3.34. The lowest BCUT2D eigenvalue weighted by Crippen LogP contribution is -2.37. The first-order valence-corrected chi connectivity index (χ1v) is 12.8. The van der Waals surface area contributed by atoms with Crippen molar-refractivity contribution in [2.75, 3.05) is 52.0 Å². The molecule has 0 unspecified atom stereocenters. The first-order chi connectivity index (χ1) is 19.4. The summed E-state index contributed by atoms with van der Waals surface area (Å²) in [5.74, 6) is 1.89. The molecule has 0 spiro atoms. The van der Waals surface area contributed by atoms with Crippen LogP contribution in [-0.4, -0.2) is 101 Å². The van der Waals surface area contributed by atoms with E-state index in [4.69, 9.17) is 29.6 Å². The predicted octanol–water partition coefficient (Wildman–Crippen LogP) is 1.86. The molecule has 4 heterocycles. The Labute approximate surface area is 232 Å². The standard InChI is InChI=1S/C26H34N10O4/c1-17(2)36-20(15-34(4)16-28-13-19(12-27-3)26(37)33-38)30-22-24(35-8-10-40-11-9-35)31-23(32-25(22)36)18-6-7-21(39-5)29-14-18/h6-7,12-14,17,38H,3,8-11,15-16H2,1-2,4-5H3,(H,33,37)/b19-12+,28-13?. The van der Waals surface area contributed by atoms with Crippen molar-refractivity contribution >= 4 is 35.8 Å². The molecular weight excluding hydrogens is 516 g/mol. The Morgan fingerprint density at radius 2 is 2.08 bits per heavy atom. The number of rotatable bonds is 11. The molecule has 3 aromatic rings. The van der Waals surface area contributed by atoms with E-state index in [9.17, 15) is 4.79 Å². The van der Waals surface area contributed by atoms with E-state index < -0.39 is 5.91 Å². The fourth-order valence-electron chi connectivity index (χ4n) is 4.30. The minimum atomic E-state index is -0.725. The van der Waals surface area contributed by atoms with E-state index in [1.807, 2.05) is 18.0 Å². The lowest BCUT2D eigenvalue weighted by Gasteiger charge is -2.28. The van der Waals surface area contributed by atoms with Gasteiger partial charge >= 0.3 is 0 Å². The van der Waals surface area contributed by atoms with Gasteiger partial charge in [-0.05, 0) is 33.7 Å². The number of anilines is 1. The molecule has 1 aliphatic heterocycles. The summed E-state index contributed by atoms with van der Waals surface area (Å²) in [6, 6.07) is 3.74. The maximum Gasteiger partial charge on any atom is 0.277 e. The first kappa shape index (κ1) is 28.7. The minimum Gasteiger partial charge on any atom is -0.481 e. The number of ether oxygens (including phenoxy) is 2. The predicted molar refractivity (Wildman–Crippen MR) is 151 cm³/mol. The fraction of sp³-hybridized carbons (Fsp3) is 0.423. The Morgan fingerprint density at radius 1 is 1.30 bits per heavy atom. The van der Waals surface area contributed by atoms with E-state index >= 15 is 0 Å². The zero-order valence-corrected chi connectivity index (χ0v) is 23.1. The summed E-state index contributed by atoms with van der Waals surface area (Å²) in [6.45, 7) is 10.8. The third-order valence-electron chi connectivity index (χ3n) is 6.18. The molecule has 2 N–H and O–H groups in total. The van der Waals surface area contributed by atoms with Crippen molar-refractivity contribution in [3.05, 3.63) is 35.9 Å². The molecule has 14 nitrogen and oxygen atoms in total. The molecule has 0 aromatic carbocycles. The number of pyridine rings is 1. The molecule has 0 bridgehead atoms. The van der Waals surface area contributed by atoms with Gasteiger partial charge in [0.05, 0.1) is 39.1 Å². The summed E-state index contributed by atoms with van der Waals surface area (Å²) >= 11 is 0. The van der Waals surface area contributed by atoms with Crippen LogP contribution in [0.2, 0.25) is 0 Å². The molecule has 1 fully saturated rings. The molecule has 1 amide bonds. The lowest BCUT2D eigenvalue weighted by atomic mass is 10.2. The van der Waals surface area contributed by atoms with Gasteiger partial charge in [-0.25, -0.2) is 25.4 Å². The van der Waals surface area contributed by atoms with Crippen molar-refractivity contribution in [1.29, 1.82) is 0 Å². The van der Waals surface area contributed by atoms with Gasteiger partial charge in [-0.15, -0.1) is 0 Å². The van der Waals surface area contributed by atoms with E-state index in [0.29, 0.717) is 44.6 Å². The number of imidazole rings is 1. The molecule has 0 atom stereocenters. The number of carbonyl (C=O) groups is 1. The molecule has 40 heavy (non-hydrogen) atoms. The van der Waals surface area contributed by atoms with E-state index in [0.717, 1.165) is 28.4 Å². The van der Waals surface area contributed by atoms with Crippen molar-refractivity contribution in [3.8, 4) is 17.3 Å². The van der Waals surface area contributed by atoms with Crippen molar-refractivity contribution < 1.29 is 19.5 Å². The van der Waals surface area contributed by atoms with Gasteiger partial charge in [0, 0.05) is 49.4 Å². The van der Waals surface area contributed by atoms with Gasteiger partial charge in [-0.2, -0.15) is 0 Å². The number of morpholine rings is 1. The summed E-state index contributed by atoms with van der Waals surface area (Å²) in [5.41, 5.74) is 3.86. The van der Waals surface area contributed by atoms with Crippen LogP contribution in [0.3, 0.4) is 0 Å². The largest absolute Gasteiger partial charge is 0.481 e. The number of amides is 1. The molecule has 3 aromatic heterocycles. The summed E-state index contributed by atoms with van der Waals surface area (Å²) < 4.78 is 12.9. The number of nitrogens with zero attached hydrogens (tertiary/aromatic N) is 9. The molecule has 0 saturated carbocycles. The molecule has 1 saturated heterocycles. The highest BCUT2D eigenvalue weighted by atomic mass is 16.5. The van der Waals surface area contributed by atoms with Crippen LogP contribution in [0.1, 0.15) is 25.7 Å². The number of nitrogens with one attached hydrogen (secondary N) is 1. The Kier molecular flexibility index (Phi) is 9.47. The number of carbonyl (C=O) groups excluding carboxylic acids is 1. The number of hydrogen-bond donors (Lipinski definition) is 2. The normalized spacial score (nSPS) is 14.5. The summed E-state index contributed by atoms with van der Waals surface area (Å²) in [5, 5.41) is 8.90. The first-order valence-electron chi connectivity index (χ1n) is 12.8. The van der Waals surface area contributed by atoms with E-state index in [1.54, 1.807) is 24.9 Å². The van der Waals surface area contributed by atoms with Crippen molar-refractivity contribution in [3.63, 3.8) is 0 Å². The SMILES string of the molecule is C=N/C=C(\C=NCN(C)Cc1nc2c(N3CCOCC3)nc(-c3ccc(OC)nc3)nc2n1C(C)C)C(=O)NO. The van der Waals surface area contributed by atoms with Crippen molar-refractivity contribution in [1.82, 2.24) is 34.9 Å². The van der Waals surface area contributed by atoms with E-state index in [-0.39, 0.29) is 18.3 Å². The third-order valence-corrected chi connectivity index (χ3v) is 6.18. The molecule has 0 radical (unpaired) electrons. The average molecular weight is 551 g/mol. The Bertz CT molecular complexity index is 1390. The van der Waals surface area contributed by atoms with Crippen LogP contribution in [0.15, 0.2) is 40.1 Å². The van der Waals surface area contributed by atoms with Gasteiger partial charge < -0.3 is 18.9 Å². The lowest BCUT2D eigenvalue weighted by molar-refractivity contribution is -0.124. The number of fused-ring (bicyclic) bond motifs is 1. The topological polar surface area (TPSA) is 155 Å². The monoisotopic (exact) mass is 550 g/mol. The Morgan fingerprint density at radius 3 is 2.70 bits per heavy atom. The summed E-state index contributed by atoms with van der Waals surface area (Å²) in [7, 11) is 3.47. The third kappa shape index (κ3) is 6.47. The van der Waals surface area contributed by atoms with Gasteiger partial charge in [0.25, 0.3) is 5.91 Å².